The lowest BCUT2D eigenvalue weighted by Crippen LogP contribution is -2.45. The molecule has 0 aliphatic rings. The molecule has 0 aromatic carbocycles. The van der Waals surface area contributed by atoms with Crippen LogP contribution in [0.25, 0.3) is 0 Å². The van der Waals surface area contributed by atoms with E-state index in [4.69, 9.17) is 9.05 Å². The maximum atomic E-state index is 12.8. The van der Waals surface area contributed by atoms with E-state index in [1.807, 2.05) is 27.2 Å². The van der Waals surface area contributed by atoms with Gasteiger partial charge in [-0.25, -0.2) is 4.57 Å². The van der Waals surface area contributed by atoms with Crippen LogP contribution in [-0.2, 0) is 18.4 Å². The number of phosphoric ester groups is 1. The average molecular weight is 770 g/mol. The number of hydrogen-bond donors (Lipinski definition) is 3. The van der Waals surface area contributed by atoms with Crippen LogP contribution in [-0.4, -0.2) is 73.4 Å². The highest BCUT2D eigenvalue weighted by Gasteiger charge is 2.27. The first-order valence-corrected chi connectivity index (χ1v) is 23.4. The van der Waals surface area contributed by atoms with Gasteiger partial charge in [-0.05, 0) is 38.5 Å². The van der Waals surface area contributed by atoms with Crippen LogP contribution in [0.1, 0.15) is 187 Å². The number of allylic oxidation sites excluding steroid dienone is 5. The van der Waals surface area contributed by atoms with Gasteiger partial charge in [0, 0.05) is 6.42 Å². The van der Waals surface area contributed by atoms with Gasteiger partial charge in [-0.2, -0.15) is 0 Å². The lowest BCUT2D eigenvalue weighted by molar-refractivity contribution is -0.870. The number of amides is 1. The quantitative estimate of drug-likeness (QED) is 0.0249. The number of carbonyl (C=O) groups excluding carboxylic acids is 1. The molecule has 0 heterocycles. The first-order valence-electron chi connectivity index (χ1n) is 21.9. The summed E-state index contributed by atoms with van der Waals surface area (Å²) >= 11 is 0. The van der Waals surface area contributed by atoms with Crippen molar-refractivity contribution in [1.82, 2.24) is 5.32 Å². The molecule has 8 nitrogen and oxygen atoms in total. The third-order valence-corrected chi connectivity index (χ3v) is 10.6. The number of rotatable bonds is 39. The second-order valence-corrected chi connectivity index (χ2v) is 17.5. The zero-order valence-electron chi connectivity index (χ0n) is 35.3. The van der Waals surface area contributed by atoms with Gasteiger partial charge in [0.2, 0.25) is 5.91 Å². The van der Waals surface area contributed by atoms with Gasteiger partial charge >= 0.3 is 7.82 Å². The summed E-state index contributed by atoms with van der Waals surface area (Å²) in [5.74, 6) is -0.191. The van der Waals surface area contributed by atoms with Crippen molar-refractivity contribution in [3.8, 4) is 0 Å². The van der Waals surface area contributed by atoms with Gasteiger partial charge in [-0.1, -0.05) is 179 Å². The fourth-order valence-corrected chi connectivity index (χ4v) is 6.79. The number of phosphoric acid groups is 1. The van der Waals surface area contributed by atoms with Crippen molar-refractivity contribution in [2.75, 3.05) is 40.9 Å². The second-order valence-electron chi connectivity index (χ2n) is 16.1. The number of nitrogens with one attached hydrogen (secondary N) is 1. The molecule has 0 aromatic heterocycles. The van der Waals surface area contributed by atoms with E-state index in [2.05, 4.69) is 43.5 Å². The number of likely N-dealkylation sites (N-methyl/N-ethyl adjacent to an activating group) is 1. The summed E-state index contributed by atoms with van der Waals surface area (Å²) in [6.45, 7) is 4.73. The lowest BCUT2D eigenvalue weighted by Gasteiger charge is -2.25. The summed E-state index contributed by atoms with van der Waals surface area (Å²) in [6.07, 6.45) is 43.6. The maximum Gasteiger partial charge on any atom is 0.472 e. The minimum absolute atomic E-state index is 0.0544. The van der Waals surface area contributed by atoms with Crippen LogP contribution in [0.2, 0.25) is 0 Å². The molecule has 0 saturated carbocycles. The Morgan fingerprint density at radius 2 is 1.04 bits per heavy atom. The summed E-state index contributed by atoms with van der Waals surface area (Å²) in [5.41, 5.74) is 0. The molecule has 53 heavy (non-hydrogen) atoms. The highest BCUT2D eigenvalue weighted by atomic mass is 31.2. The van der Waals surface area contributed by atoms with E-state index in [1.165, 1.54) is 116 Å². The van der Waals surface area contributed by atoms with Crippen molar-refractivity contribution < 1.29 is 32.9 Å². The molecule has 0 rings (SSSR count). The standard InChI is InChI=1S/C44H85N2O6P/c1-6-8-10-12-14-16-18-20-21-22-23-24-25-26-28-30-32-34-36-38-44(48)45-42(41-52-53(49,50)51-40-39-46(3,4)5)43(47)37-35-33-31-29-27-19-17-15-13-11-9-7-2/h13,15,27,29,35,37,42-43,47H,6-12,14,16-26,28,30-34,36,38-41H2,1-5H3,(H-,45,48,49,50)/p+1/b15-13+,29-27+,37-35+. The largest absolute Gasteiger partial charge is 0.472 e. The molecule has 0 fully saturated rings. The fourth-order valence-electron chi connectivity index (χ4n) is 6.06. The van der Waals surface area contributed by atoms with Crippen LogP contribution in [0.15, 0.2) is 36.5 Å². The monoisotopic (exact) mass is 770 g/mol. The predicted molar refractivity (Wildman–Crippen MR) is 226 cm³/mol. The first kappa shape index (κ1) is 51.7. The predicted octanol–water partition coefficient (Wildman–Crippen LogP) is 11.9. The Balaban J connectivity index is 4.39. The number of quaternary nitrogens is 1. The molecule has 0 radical (unpaired) electrons. The van der Waals surface area contributed by atoms with E-state index in [1.54, 1.807) is 6.08 Å². The maximum absolute atomic E-state index is 12.8. The molecule has 0 saturated heterocycles. The Kier molecular flexibility index (Phi) is 35.5. The van der Waals surface area contributed by atoms with Crippen LogP contribution in [0.3, 0.4) is 0 Å². The molecule has 0 bridgehead atoms. The average Bonchev–Trinajstić information content (AvgIpc) is 3.10. The first-order chi connectivity index (χ1) is 25.5. The van der Waals surface area contributed by atoms with Crippen LogP contribution in [0.4, 0.5) is 0 Å². The van der Waals surface area contributed by atoms with Gasteiger partial charge in [-0.3, -0.25) is 13.8 Å². The van der Waals surface area contributed by atoms with Crippen LogP contribution in [0.5, 0.6) is 0 Å². The van der Waals surface area contributed by atoms with E-state index >= 15 is 0 Å². The normalized spacial score (nSPS) is 14.8. The zero-order chi connectivity index (χ0) is 39.3. The van der Waals surface area contributed by atoms with E-state index in [0.717, 1.165) is 51.4 Å². The van der Waals surface area contributed by atoms with E-state index < -0.39 is 20.0 Å². The van der Waals surface area contributed by atoms with E-state index in [-0.39, 0.29) is 19.1 Å². The summed E-state index contributed by atoms with van der Waals surface area (Å²) in [5, 5.41) is 13.8. The molecular formula is C44H86N2O6P+. The van der Waals surface area contributed by atoms with Gasteiger partial charge < -0.3 is 19.8 Å². The Hall–Kier alpha value is -1.28. The zero-order valence-corrected chi connectivity index (χ0v) is 36.1. The molecule has 312 valence electrons. The highest BCUT2D eigenvalue weighted by molar-refractivity contribution is 7.47. The second kappa shape index (κ2) is 36.4. The van der Waals surface area contributed by atoms with Crippen molar-refractivity contribution in [3.63, 3.8) is 0 Å². The minimum Gasteiger partial charge on any atom is -0.387 e. The fraction of sp³-hybridized carbons (Fsp3) is 0.841. The van der Waals surface area contributed by atoms with Gasteiger partial charge in [0.25, 0.3) is 0 Å². The van der Waals surface area contributed by atoms with Crippen molar-refractivity contribution in [2.24, 2.45) is 0 Å². The van der Waals surface area contributed by atoms with Gasteiger partial charge in [-0.15, -0.1) is 0 Å². The van der Waals surface area contributed by atoms with E-state index in [9.17, 15) is 19.4 Å². The van der Waals surface area contributed by atoms with Crippen LogP contribution < -0.4 is 5.32 Å². The van der Waals surface area contributed by atoms with Gasteiger partial charge in [0.15, 0.2) is 0 Å². The Morgan fingerprint density at radius 3 is 1.49 bits per heavy atom. The molecule has 1 amide bonds. The van der Waals surface area contributed by atoms with Crippen LogP contribution in [0, 0.1) is 0 Å². The van der Waals surface area contributed by atoms with Gasteiger partial charge in [0.05, 0.1) is 39.9 Å². The highest BCUT2D eigenvalue weighted by Crippen LogP contribution is 2.43. The molecule has 0 spiro atoms. The van der Waals surface area contributed by atoms with Crippen molar-refractivity contribution in [3.05, 3.63) is 36.5 Å². The summed E-state index contributed by atoms with van der Waals surface area (Å²) in [7, 11) is 1.55. The molecule has 9 heteroatoms. The summed E-state index contributed by atoms with van der Waals surface area (Å²) < 4.78 is 23.5. The molecular weight excluding hydrogens is 683 g/mol. The molecule has 0 aromatic rings. The van der Waals surface area contributed by atoms with Crippen molar-refractivity contribution in [1.29, 1.82) is 0 Å². The summed E-state index contributed by atoms with van der Waals surface area (Å²) in [4.78, 5) is 23.1. The number of hydrogen-bond acceptors (Lipinski definition) is 5. The molecule has 3 N–H and O–H groups in total. The molecule has 3 unspecified atom stereocenters. The topological polar surface area (TPSA) is 105 Å². The van der Waals surface area contributed by atoms with Crippen molar-refractivity contribution in [2.45, 2.75) is 199 Å². The smallest absolute Gasteiger partial charge is 0.387 e. The Morgan fingerprint density at radius 1 is 0.623 bits per heavy atom. The summed E-state index contributed by atoms with van der Waals surface area (Å²) in [6, 6.07) is -0.864. The SMILES string of the molecule is CCCC/C=C/CC/C=C/CC/C=C/C(O)C(COP(=O)(O)OCC[N+](C)(C)C)NC(=O)CCCCCCCCCCCCCCCCCCCCC. The third-order valence-electron chi connectivity index (χ3n) is 9.59. The number of aliphatic hydroxyl groups is 1. The van der Waals surface area contributed by atoms with Crippen LogP contribution >= 0.6 is 7.82 Å². The van der Waals surface area contributed by atoms with Gasteiger partial charge in [0.1, 0.15) is 13.2 Å². The Labute approximate surface area is 327 Å². The third kappa shape index (κ3) is 38.8. The number of aliphatic hydroxyl groups excluding tert-OH is 1. The lowest BCUT2D eigenvalue weighted by atomic mass is 10.0. The number of unbranched alkanes of at least 4 members (excludes halogenated alkanes) is 22. The molecule has 0 aliphatic carbocycles. The molecule has 3 atom stereocenters. The molecule has 0 aliphatic heterocycles. The number of nitrogens with zero attached hydrogens (tertiary/aromatic N) is 1. The minimum atomic E-state index is -4.34. The Bertz CT molecular complexity index is 964. The van der Waals surface area contributed by atoms with E-state index in [0.29, 0.717) is 17.4 Å². The van der Waals surface area contributed by atoms with Crippen molar-refractivity contribution >= 4 is 13.7 Å². The number of carbonyl (C=O) groups is 1.